The molecule has 7 unspecified atom stereocenters. The molecule has 7 atom stereocenters. The predicted octanol–water partition coefficient (Wildman–Crippen LogP) is 10.4. The highest BCUT2D eigenvalue weighted by Crippen LogP contribution is 2.22. The van der Waals surface area contributed by atoms with Crippen molar-refractivity contribution < 1.29 is 39.8 Å². The molecule has 0 bridgehead atoms. The van der Waals surface area contributed by atoms with Crippen LogP contribution in [0.5, 0.6) is 0 Å². The van der Waals surface area contributed by atoms with E-state index in [0.717, 1.165) is 96.3 Å². The van der Waals surface area contributed by atoms with Crippen LogP contribution < -0.4 is 5.32 Å². The predicted molar refractivity (Wildman–Crippen MR) is 262 cm³/mol. The molecular formula is C54H83NO8. The Morgan fingerprint density at radius 1 is 0.556 bits per heavy atom. The first-order chi connectivity index (χ1) is 30.8. The average molecular weight is 874 g/mol. The van der Waals surface area contributed by atoms with Gasteiger partial charge in [-0.25, -0.2) is 0 Å². The van der Waals surface area contributed by atoms with Crippen LogP contribution in [0.3, 0.4) is 0 Å². The lowest BCUT2D eigenvalue weighted by Gasteiger charge is -2.40. The van der Waals surface area contributed by atoms with Crippen LogP contribution in [0.25, 0.3) is 0 Å². The molecule has 0 aliphatic carbocycles. The van der Waals surface area contributed by atoms with Crippen molar-refractivity contribution in [1.29, 1.82) is 0 Å². The van der Waals surface area contributed by atoms with E-state index in [-0.39, 0.29) is 18.9 Å². The van der Waals surface area contributed by atoms with E-state index in [1.807, 2.05) is 6.08 Å². The highest BCUT2D eigenvalue weighted by Gasteiger charge is 2.44. The number of amides is 1. The highest BCUT2D eigenvalue weighted by molar-refractivity contribution is 5.76. The van der Waals surface area contributed by atoms with Crippen LogP contribution in [0.15, 0.2) is 146 Å². The van der Waals surface area contributed by atoms with Gasteiger partial charge in [-0.2, -0.15) is 0 Å². The molecule has 1 aliphatic rings. The fourth-order valence-corrected chi connectivity index (χ4v) is 6.13. The number of nitrogens with one attached hydrogen (secondary N) is 1. The molecule has 1 saturated heterocycles. The van der Waals surface area contributed by atoms with E-state index in [9.17, 15) is 30.3 Å². The average Bonchev–Trinajstić information content (AvgIpc) is 3.28. The summed E-state index contributed by atoms with van der Waals surface area (Å²) in [6, 6.07) is -0.869. The second kappa shape index (κ2) is 42.0. The summed E-state index contributed by atoms with van der Waals surface area (Å²) in [6.07, 6.45) is 59.1. The summed E-state index contributed by atoms with van der Waals surface area (Å²) in [5.74, 6) is -0.259. The molecule has 1 aliphatic heterocycles. The Hall–Kier alpha value is -3.93. The van der Waals surface area contributed by atoms with E-state index >= 15 is 0 Å². The van der Waals surface area contributed by atoms with Crippen LogP contribution >= 0.6 is 0 Å². The van der Waals surface area contributed by atoms with E-state index in [2.05, 4.69) is 153 Å². The Labute approximate surface area is 381 Å². The maximum absolute atomic E-state index is 12.9. The van der Waals surface area contributed by atoms with Gasteiger partial charge in [0.05, 0.1) is 25.4 Å². The number of unbranched alkanes of at least 4 members (excludes halogenated alkanes) is 4. The van der Waals surface area contributed by atoms with E-state index in [0.29, 0.717) is 12.8 Å². The largest absolute Gasteiger partial charge is 0.394 e. The summed E-state index contributed by atoms with van der Waals surface area (Å²) >= 11 is 0. The van der Waals surface area contributed by atoms with E-state index < -0.39 is 49.5 Å². The first-order valence-electron chi connectivity index (χ1n) is 23.6. The van der Waals surface area contributed by atoms with Gasteiger partial charge >= 0.3 is 0 Å². The standard InChI is InChI=1S/C54H83NO8/c1-3-5-7-9-11-13-15-16-17-18-19-20-21-22-23-24-25-26-27-28-29-30-31-32-34-36-38-40-42-44-50(58)55-47(46-62-54-53(61)52(60)51(59)49(45-56)63-54)48(57)43-41-39-37-35-33-14-12-10-8-6-4-2/h5,7-8,10-11,13,16-17,19-20,22-23,25-26,28-29,31-33,35-36,38,41,43,47-49,51-54,56-57,59-61H,3-4,6,9,12,14-15,18,21,24,27,30,34,37,39-40,42,44-46H2,1-2H3,(H,55,58)/b7-5-,10-8+,13-11-,17-16-,20-19-,23-22-,26-25-,29-28-,32-31-,35-33+,38-36-,43-41+. The molecular weight excluding hydrogens is 791 g/mol. The van der Waals surface area contributed by atoms with Crippen LogP contribution in [0, 0.1) is 0 Å². The lowest BCUT2D eigenvalue weighted by Crippen LogP contribution is -2.60. The molecule has 1 fully saturated rings. The fourth-order valence-electron chi connectivity index (χ4n) is 6.13. The van der Waals surface area contributed by atoms with Crippen LogP contribution in [0.1, 0.15) is 129 Å². The SMILES string of the molecule is CC/C=C\C/C=C\C/C=C\C/C=C\C/C=C\C/C=C\C/C=C\C/C=C\C/C=C\CCCC(=O)NC(COC1OC(CO)C(O)C(O)C1O)C(O)/C=C/CC/C=C/CC/C=C/CCC. The zero-order valence-electron chi connectivity index (χ0n) is 38.5. The van der Waals surface area contributed by atoms with E-state index in [1.165, 1.54) is 0 Å². The van der Waals surface area contributed by atoms with Gasteiger partial charge < -0.3 is 40.3 Å². The number of ether oxygens (including phenoxy) is 2. The zero-order valence-corrected chi connectivity index (χ0v) is 38.5. The van der Waals surface area contributed by atoms with Crippen molar-refractivity contribution in [2.24, 2.45) is 0 Å². The molecule has 352 valence electrons. The summed E-state index contributed by atoms with van der Waals surface area (Å²) < 4.78 is 11.1. The lowest BCUT2D eigenvalue weighted by atomic mass is 9.99. The van der Waals surface area contributed by atoms with Crippen LogP contribution in [0.4, 0.5) is 0 Å². The van der Waals surface area contributed by atoms with Gasteiger partial charge in [-0.3, -0.25) is 4.79 Å². The first kappa shape index (κ1) is 57.1. The van der Waals surface area contributed by atoms with Crippen molar-refractivity contribution >= 4 is 5.91 Å². The number of aliphatic hydroxyl groups excluding tert-OH is 5. The second-order valence-corrected chi connectivity index (χ2v) is 15.4. The summed E-state index contributed by atoms with van der Waals surface area (Å²) in [5.41, 5.74) is 0. The Morgan fingerprint density at radius 2 is 0.968 bits per heavy atom. The third-order valence-electron chi connectivity index (χ3n) is 9.86. The van der Waals surface area contributed by atoms with Crippen molar-refractivity contribution in [1.82, 2.24) is 5.32 Å². The summed E-state index contributed by atoms with van der Waals surface area (Å²) in [7, 11) is 0. The molecule has 1 rings (SSSR count). The van der Waals surface area contributed by atoms with Crippen LogP contribution in [0.2, 0.25) is 0 Å². The van der Waals surface area contributed by atoms with Gasteiger partial charge in [0, 0.05) is 6.42 Å². The molecule has 1 heterocycles. The topological polar surface area (TPSA) is 149 Å². The lowest BCUT2D eigenvalue weighted by molar-refractivity contribution is -0.302. The molecule has 63 heavy (non-hydrogen) atoms. The normalized spacial score (nSPS) is 21.5. The van der Waals surface area contributed by atoms with Crippen molar-refractivity contribution in [3.63, 3.8) is 0 Å². The maximum Gasteiger partial charge on any atom is 0.220 e. The number of aliphatic hydroxyl groups is 5. The Morgan fingerprint density at radius 3 is 1.41 bits per heavy atom. The van der Waals surface area contributed by atoms with Gasteiger partial charge in [-0.1, -0.05) is 166 Å². The van der Waals surface area contributed by atoms with Gasteiger partial charge in [0.1, 0.15) is 24.4 Å². The number of rotatable bonds is 36. The molecule has 0 aromatic carbocycles. The van der Waals surface area contributed by atoms with Gasteiger partial charge in [0.2, 0.25) is 5.91 Å². The Balaban J connectivity index is 2.36. The van der Waals surface area contributed by atoms with Crippen LogP contribution in [-0.2, 0) is 14.3 Å². The maximum atomic E-state index is 12.9. The molecule has 0 aromatic rings. The number of carbonyl (C=O) groups is 1. The Bertz CT molecular complexity index is 1480. The summed E-state index contributed by atoms with van der Waals surface area (Å²) in [6.45, 7) is 3.48. The number of allylic oxidation sites excluding steroid dienone is 23. The minimum atomic E-state index is -1.59. The molecule has 0 aromatic heterocycles. The second-order valence-electron chi connectivity index (χ2n) is 15.4. The van der Waals surface area contributed by atoms with Gasteiger partial charge in [0.15, 0.2) is 6.29 Å². The number of hydrogen-bond acceptors (Lipinski definition) is 8. The van der Waals surface area contributed by atoms with Gasteiger partial charge in [-0.05, 0) is 103 Å². The monoisotopic (exact) mass is 874 g/mol. The Kier molecular flexibility index (Phi) is 38.1. The molecule has 6 N–H and O–H groups in total. The van der Waals surface area contributed by atoms with Crippen molar-refractivity contribution in [2.45, 2.75) is 172 Å². The van der Waals surface area contributed by atoms with Crippen molar-refractivity contribution in [3.05, 3.63) is 146 Å². The minimum Gasteiger partial charge on any atom is -0.394 e. The third-order valence-corrected chi connectivity index (χ3v) is 9.86. The summed E-state index contributed by atoms with van der Waals surface area (Å²) in [5, 5.41) is 54.0. The number of hydrogen-bond donors (Lipinski definition) is 6. The molecule has 9 nitrogen and oxygen atoms in total. The molecule has 9 heteroatoms. The van der Waals surface area contributed by atoms with E-state index in [4.69, 9.17) is 9.47 Å². The highest BCUT2D eigenvalue weighted by atomic mass is 16.7. The number of carbonyl (C=O) groups excluding carboxylic acids is 1. The summed E-state index contributed by atoms with van der Waals surface area (Å²) in [4.78, 5) is 12.9. The zero-order chi connectivity index (χ0) is 45.9. The first-order valence-corrected chi connectivity index (χ1v) is 23.6. The van der Waals surface area contributed by atoms with Gasteiger partial charge in [-0.15, -0.1) is 0 Å². The van der Waals surface area contributed by atoms with Crippen molar-refractivity contribution in [3.8, 4) is 0 Å². The molecule has 1 amide bonds. The molecule has 0 spiro atoms. The smallest absolute Gasteiger partial charge is 0.220 e. The quantitative estimate of drug-likeness (QED) is 0.0269. The minimum absolute atomic E-state index is 0.241. The third kappa shape index (κ3) is 32.4. The molecule has 0 saturated carbocycles. The van der Waals surface area contributed by atoms with Crippen LogP contribution in [-0.4, -0.2) is 87.5 Å². The van der Waals surface area contributed by atoms with Gasteiger partial charge in [0.25, 0.3) is 0 Å². The fraction of sp³-hybridized carbons (Fsp3) is 0.537. The molecule has 0 radical (unpaired) electrons. The van der Waals surface area contributed by atoms with E-state index in [1.54, 1.807) is 6.08 Å². The van der Waals surface area contributed by atoms with Crippen molar-refractivity contribution in [2.75, 3.05) is 13.2 Å².